The Morgan fingerprint density at radius 2 is 1.83 bits per heavy atom. The van der Waals surface area contributed by atoms with E-state index in [-0.39, 0.29) is 17.4 Å². The molecule has 35 heavy (non-hydrogen) atoms. The van der Waals surface area contributed by atoms with Gasteiger partial charge in [0.25, 0.3) is 21.8 Å². The molecule has 0 N–H and O–H groups in total. The Kier molecular flexibility index (Phi) is 5.51. The van der Waals surface area contributed by atoms with Crippen LogP contribution in [0.25, 0.3) is 0 Å². The van der Waals surface area contributed by atoms with Gasteiger partial charge in [-0.2, -0.15) is 8.42 Å². The topological polar surface area (TPSA) is 96.4 Å². The van der Waals surface area contributed by atoms with Gasteiger partial charge in [-0.05, 0) is 55.2 Å². The molecule has 0 aromatic heterocycles. The van der Waals surface area contributed by atoms with E-state index in [0.717, 1.165) is 28.8 Å². The van der Waals surface area contributed by atoms with Crippen molar-refractivity contribution in [3.05, 3.63) is 65.7 Å². The van der Waals surface area contributed by atoms with Gasteiger partial charge in [-0.1, -0.05) is 67.0 Å². The number of aryl methyl sites for hydroxylation is 1. The predicted molar refractivity (Wildman–Crippen MR) is 129 cm³/mol. The molecule has 2 bridgehead atoms. The number of carbonyl (C=O) groups is 2. The summed E-state index contributed by atoms with van der Waals surface area (Å²) in [6, 6.07) is 15.1. The zero-order valence-corrected chi connectivity index (χ0v) is 20.9. The van der Waals surface area contributed by atoms with Gasteiger partial charge in [-0.15, -0.1) is 4.41 Å². The summed E-state index contributed by atoms with van der Waals surface area (Å²) in [5.74, 6) is -0.977. The summed E-state index contributed by atoms with van der Waals surface area (Å²) in [6.45, 7) is 6.05. The lowest BCUT2D eigenvalue weighted by Gasteiger charge is -2.34. The van der Waals surface area contributed by atoms with Crippen molar-refractivity contribution in [3.63, 3.8) is 0 Å². The molecule has 1 saturated heterocycles. The molecule has 0 radical (unpaired) electrons. The van der Waals surface area contributed by atoms with Gasteiger partial charge in [0.1, 0.15) is 12.8 Å². The number of hydrazine groups is 1. The third-order valence-corrected chi connectivity index (χ3v) is 9.93. The molecule has 2 aliphatic carbocycles. The molecule has 1 heterocycles. The van der Waals surface area contributed by atoms with Crippen molar-refractivity contribution in [2.45, 2.75) is 57.6 Å². The van der Waals surface area contributed by atoms with E-state index in [0.29, 0.717) is 17.3 Å². The monoisotopic (exact) mass is 495 g/mol. The molecule has 1 aliphatic heterocycles. The fraction of sp³-hybridized carbons (Fsp3) is 0.423. The molecule has 184 valence electrons. The largest absolute Gasteiger partial charge is 0.391 e. The molecule has 3 atom stereocenters. The minimum atomic E-state index is -4.31. The minimum absolute atomic E-state index is 0.0322. The Labute approximate surface area is 205 Å². The number of hydrogen-bond donors (Lipinski definition) is 0. The smallest absolute Gasteiger partial charge is 0.288 e. The molecule has 5 rings (SSSR count). The zero-order valence-electron chi connectivity index (χ0n) is 20.0. The van der Waals surface area contributed by atoms with Crippen LogP contribution in [0, 0.1) is 23.7 Å². The maximum Gasteiger partial charge on any atom is 0.288 e. The molecular formula is C26H29N3O5S. The minimum Gasteiger partial charge on any atom is -0.391 e. The Hall–Kier alpha value is -3.20. The van der Waals surface area contributed by atoms with E-state index in [2.05, 4.69) is 5.16 Å². The van der Waals surface area contributed by atoms with Crippen molar-refractivity contribution in [3.8, 4) is 0 Å². The lowest BCUT2D eigenvalue weighted by molar-refractivity contribution is -0.144. The Balaban J connectivity index is 1.49. The normalized spacial score (nSPS) is 27.0. The summed E-state index contributed by atoms with van der Waals surface area (Å²) >= 11 is 0. The third kappa shape index (κ3) is 3.39. The summed E-state index contributed by atoms with van der Waals surface area (Å²) in [4.78, 5) is 32.6. The van der Waals surface area contributed by atoms with Gasteiger partial charge in [0.15, 0.2) is 0 Å². The van der Waals surface area contributed by atoms with Crippen molar-refractivity contribution >= 4 is 28.1 Å². The van der Waals surface area contributed by atoms with E-state index in [9.17, 15) is 18.0 Å². The van der Waals surface area contributed by atoms with E-state index in [1.54, 1.807) is 12.1 Å². The Morgan fingerprint density at radius 3 is 2.49 bits per heavy atom. The summed E-state index contributed by atoms with van der Waals surface area (Å²) in [5.41, 5.74) is 0.406. The zero-order chi connectivity index (χ0) is 25.0. The van der Waals surface area contributed by atoms with E-state index < -0.39 is 38.7 Å². The van der Waals surface area contributed by atoms with Gasteiger partial charge < -0.3 is 4.84 Å². The first-order valence-electron chi connectivity index (χ1n) is 11.8. The van der Waals surface area contributed by atoms with Crippen molar-refractivity contribution < 1.29 is 22.8 Å². The second kappa shape index (κ2) is 8.19. The van der Waals surface area contributed by atoms with Crippen molar-refractivity contribution in [2.75, 3.05) is 0 Å². The molecule has 3 aliphatic rings. The van der Waals surface area contributed by atoms with Crippen LogP contribution in [0.4, 0.5) is 0 Å². The molecule has 2 aromatic carbocycles. The number of sulfonamides is 1. The predicted octanol–water partition coefficient (Wildman–Crippen LogP) is 3.67. The lowest BCUT2D eigenvalue weighted by atomic mass is 9.68. The second-order valence-corrected chi connectivity index (χ2v) is 12.0. The van der Waals surface area contributed by atoms with Crippen LogP contribution in [-0.2, 0) is 31.1 Å². The second-order valence-electron chi connectivity index (χ2n) is 10.2. The average Bonchev–Trinajstić information content (AvgIpc) is 3.36. The highest BCUT2D eigenvalue weighted by molar-refractivity contribution is 7.89. The number of rotatable bonds is 6. The number of fused-ring (bicyclic) bond motifs is 1. The summed E-state index contributed by atoms with van der Waals surface area (Å²) in [5, 5.41) is 4.92. The van der Waals surface area contributed by atoms with E-state index in [4.69, 9.17) is 4.84 Å². The first-order chi connectivity index (χ1) is 16.6. The standard InChI is InChI=1S/C26H29N3O5S/c1-18-9-11-21(12-10-18)35(32,33)29-24(31)26-14-13-20(25(26,2)3)15-22(26)28(29)23(30)16-27-34-17-19-7-5-4-6-8-19/h4-12,16,20,22H,13-15,17H2,1-3H3/b27-16+/t20-,22+,26+/m1/s1. The number of oxime groups is 1. The fourth-order valence-corrected chi connectivity index (χ4v) is 7.75. The number of hydrogen-bond acceptors (Lipinski definition) is 6. The van der Waals surface area contributed by atoms with Crippen molar-refractivity contribution in [2.24, 2.45) is 21.9 Å². The Bertz CT molecular complexity index is 1290. The molecule has 9 heteroatoms. The molecule has 2 saturated carbocycles. The van der Waals surface area contributed by atoms with Gasteiger partial charge in [-0.25, -0.2) is 5.01 Å². The van der Waals surface area contributed by atoms with E-state index in [1.165, 1.54) is 12.1 Å². The number of carbonyl (C=O) groups excluding carboxylic acids is 2. The SMILES string of the molecule is Cc1ccc(S(=O)(=O)N2C(=O)[C@]34CC[C@H](C[C@@H]3N2C(=O)/C=N/OCc2ccccc2)C4(C)C)cc1. The van der Waals surface area contributed by atoms with Crippen LogP contribution in [0.3, 0.4) is 0 Å². The third-order valence-electron chi connectivity index (χ3n) is 8.26. The van der Waals surface area contributed by atoms with Crippen LogP contribution < -0.4 is 0 Å². The van der Waals surface area contributed by atoms with Crippen LogP contribution in [-0.4, -0.2) is 41.9 Å². The molecule has 3 fully saturated rings. The van der Waals surface area contributed by atoms with Crippen LogP contribution in [0.1, 0.15) is 44.2 Å². The highest BCUT2D eigenvalue weighted by Gasteiger charge is 2.76. The van der Waals surface area contributed by atoms with Gasteiger partial charge in [0.05, 0.1) is 16.4 Å². The van der Waals surface area contributed by atoms with Crippen molar-refractivity contribution in [1.82, 2.24) is 9.42 Å². The molecule has 2 amide bonds. The molecule has 1 spiro atoms. The summed E-state index contributed by atoms with van der Waals surface area (Å²) in [7, 11) is -4.31. The van der Waals surface area contributed by atoms with Crippen LogP contribution in [0.15, 0.2) is 64.6 Å². The maximum absolute atomic E-state index is 14.0. The van der Waals surface area contributed by atoms with Crippen molar-refractivity contribution in [1.29, 1.82) is 0 Å². The number of nitrogens with zero attached hydrogens (tertiary/aromatic N) is 3. The fourth-order valence-electron chi connectivity index (χ4n) is 6.26. The van der Waals surface area contributed by atoms with Gasteiger partial charge in [-0.3, -0.25) is 9.59 Å². The van der Waals surface area contributed by atoms with Gasteiger partial charge in [0, 0.05) is 0 Å². The first kappa shape index (κ1) is 23.5. The van der Waals surface area contributed by atoms with Crippen LogP contribution >= 0.6 is 0 Å². The number of amides is 2. The highest BCUT2D eigenvalue weighted by Crippen LogP contribution is 2.70. The summed E-state index contributed by atoms with van der Waals surface area (Å²) < 4.78 is 28.2. The maximum atomic E-state index is 14.0. The van der Waals surface area contributed by atoms with Gasteiger partial charge in [0.2, 0.25) is 0 Å². The van der Waals surface area contributed by atoms with Gasteiger partial charge >= 0.3 is 0 Å². The lowest BCUT2D eigenvalue weighted by Crippen LogP contribution is -2.50. The Morgan fingerprint density at radius 1 is 1.14 bits per heavy atom. The van der Waals surface area contributed by atoms with Crippen LogP contribution in [0.2, 0.25) is 0 Å². The summed E-state index contributed by atoms with van der Waals surface area (Å²) in [6.07, 6.45) is 2.93. The van der Waals surface area contributed by atoms with E-state index in [1.807, 2.05) is 51.1 Å². The quantitative estimate of drug-likeness (QED) is 0.450. The van der Waals surface area contributed by atoms with E-state index >= 15 is 0 Å². The highest BCUT2D eigenvalue weighted by atomic mass is 32.2. The molecular weight excluding hydrogens is 466 g/mol. The molecule has 8 nitrogen and oxygen atoms in total. The van der Waals surface area contributed by atoms with Crippen LogP contribution in [0.5, 0.6) is 0 Å². The number of benzene rings is 2. The molecule has 2 aromatic rings. The molecule has 0 unspecified atom stereocenters. The average molecular weight is 496 g/mol. The first-order valence-corrected chi connectivity index (χ1v) is 13.2.